The zero-order valence-electron chi connectivity index (χ0n) is 12.0. The third-order valence-corrected chi connectivity index (χ3v) is 5.62. The Morgan fingerprint density at radius 2 is 2.06 bits per heavy atom. The van der Waals surface area contributed by atoms with Gasteiger partial charge in [-0.05, 0) is 43.0 Å². The molecule has 1 aliphatic rings. The number of rotatable bonds is 6. The minimum Gasteiger partial charge on any atom is -0.306 e. The van der Waals surface area contributed by atoms with Gasteiger partial charge in [0, 0.05) is 17.0 Å². The second-order valence-electron chi connectivity index (χ2n) is 5.88. The van der Waals surface area contributed by atoms with Crippen LogP contribution in [0.15, 0.2) is 17.5 Å². The fraction of sp³-hybridized carbons (Fsp3) is 0.750. The molecule has 1 aromatic rings. The van der Waals surface area contributed by atoms with Gasteiger partial charge in [0.05, 0.1) is 0 Å². The minimum atomic E-state index is 0.594. The Kier molecular flexibility index (Phi) is 5.25. The molecule has 18 heavy (non-hydrogen) atoms. The van der Waals surface area contributed by atoms with Gasteiger partial charge in [0.2, 0.25) is 0 Å². The molecule has 102 valence electrons. The molecule has 0 spiro atoms. The lowest BCUT2D eigenvalue weighted by atomic mass is 9.93. The Morgan fingerprint density at radius 1 is 1.33 bits per heavy atom. The largest absolute Gasteiger partial charge is 0.306 e. The van der Waals surface area contributed by atoms with Crippen LogP contribution in [-0.4, -0.2) is 6.04 Å². The molecule has 1 N–H and O–H groups in total. The quantitative estimate of drug-likeness (QED) is 0.763. The maximum atomic E-state index is 3.92. The van der Waals surface area contributed by atoms with Crippen molar-refractivity contribution in [3.63, 3.8) is 0 Å². The molecule has 2 rings (SSSR count). The van der Waals surface area contributed by atoms with Crippen LogP contribution in [0.2, 0.25) is 0 Å². The molecule has 0 amide bonds. The van der Waals surface area contributed by atoms with Crippen molar-refractivity contribution in [2.24, 2.45) is 11.8 Å². The number of nitrogens with one attached hydrogen (secondary N) is 1. The van der Waals surface area contributed by atoms with Gasteiger partial charge in [-0.15, -0.1) is 11.3 Å². The average Bonchev–Trinajstić information content (AvgIpc) is 3.06. The summed E-state index contributed by atoms with van der Waals surface area (Å²) in [6, 6.07) is 5.71. The monoisotopic (exact) mass is 265 g/mol. The summed E-state index contributed by atoms with van der Waals surface area (Å²) in [4.78, 5) is 1.54. The van der Waals surface area contributed by atoms with E-state index in [9.17, 15) is 0 Å². The van der Waals surface area contributed by atoms with E-state index in [1.54, 1.807) is 0 Å². The van der Waals surface area contributed by atoms with Gasteiger partial charge in [0.25, 0.3) is 0 Å². The van der Waals surface area contributed by atoms with Crippen LogP contribution in [0.5, 0.6) is 0 Å². The van der Waals surface area contributed by atoms with Gasteiger partial charge in [-0.3, -0.25) is 0 Å². The Morgan fingerprint density at radius 3 is 2.61 bits per heavy atom. The lowest BCUT2D eigenvalue weighted by Gasteiger charge is -2.30. The van der Waals surface area contributed by atoms with Crippen molar-refractivity contribution < 1.29 is 0 Å². The number of hydrogen-bond acceptors (Lipinski definition) is 2. The molecule has 1 fully saturated rings. The van der Waals surface area contributed by atoms with E-state index in [4.69, 9.17) is 0 Å². The molecule has 0 aliphatic heterocycles. The molecule has 3 atom stereocenters. The molecule has 3 unspecified atom stereocenters. The second-order valence-corrected chi connectivity index (χ2v) is 6.86. The fourth-order valence-corrected chi connectivity index (χ4v) is 3.89. The predicted octanol–water partition coefficient (Wildman–Crippen LogP) is 5.00. The molecule has 0 saturated heterocycles. The van der Waals surface area contributed by atoms with Gasteiger partial charge in [-0.1, -0.05) is 39.2 Å². The zero-order valence-corrected chi connectivity index (χ0v) is 12.8. The maximum absolute atomic E-state index is 3.92. The minimum absolute atomic E-state index is 0.594. The molecular formula is C16H27NS. The van der Waals surface area contributed by atoms with Crippen molar-refractivity contribution in [1.29, 1.82) is 0 Å². The maximum Gasteiger partial charge on any atom is 0.0445 e. The van der Waals surface area contributed by atoms with Crippen molar-refractivity contribution >= 4 is 11.3 Å². The van der Waals surface area contributed by atoms with Gasteiger partial charge >= 0.3 is 0 Å². The van der Waals surface area contributed by atoms with E-state index >= 15 is 0 Å². The second kappa shape index (κ2) is 6.72. The standard InChI is InChI=1S/C16H27NS/c1-4-12(2)13(3)17-16(14-8-5-6-9-14)15-10-7-11-18-15/h7,10-14,16-17H,4-6,8-9H2,1-3H3. The summed E-state index contributed by atoms with van der Waals surface area (Å²) in [5.74, 6) is 1.61. The summed E-state index contributed by atoms with van der Waals surface area (Å²) in [6.45, 7) is 7.00. The summed E-state index contributed by atoms with van der Waals surface area (Å²) in [5.41, 5.74) is 0. The molecule has 2 heteroatoms. The first-order valence-electron chi connectivity index (χ1n) is 7.51. The molecule has 1 saturated carbocycles. The highest BCUT2D eigenvalue weighted by atomic mass is 32.1. The lowest BCUT2D eigenvalue weighted by molar-refractivity contribution is 0.291. The van der Waals surface area contributed by atoms with E-state index < -0.39 is 0 Å². The topological polar surface area (TPSA) is 12.0 Å². The molecule has 0 radical (unpaired) electrons. The first kappa shape index (κ1) is 14.1. The third kappa shape index (κ3) is 3.36. The van der Waals surface area contributed by atoms with Crippen molar-refractivity contribution in [3.8, 4) is 0 Å². The van der Waals surface area contributed by atoms with Crippen LogP contribution in [0.25, 0.3) is 0 Å². The first-order chi connectivity index (χ1) is 8.72. The van der Waals surface area contributed by atoms with Crippen molar-refractivity contribution in [2.75, 3.05) is 0 Å². The molecule has 1 aliphatic carbocycles. The van der Waals surface area contributed by atoms with E-state index in [-0.39, 0.29) is 0 Å². The van der Waals surface area contributed by atoms with E-state index in [0.717, 1.165) is 11.8 Å². The normalized spacial score (nSPS) is 21.9. The van der Waals surface area contributed by atoms with Gasteiger partial charge < -0.3 is 5.32 Å². The SMILES string of the molecule is CCC(C)C(C)NC(c1cccs1)C1CCCC1. The molecule has 0 aromatic carbocycles. The summed E-state index contributed by atoms with van der Waals surface area (Å²) in [7, 11) is 0. The van der Waals surface area contributed by atoms with Crippen LogP contribution < -0.4 is 5.32 Å². The van der Waals surface area contributed by atoms with Gasteiger partial charge in [-0.2, -0.15) is 0 Å². The van der Waals surface area contributed by atoms with Crippen LogP contribution >= 0.6 is 11.3 Å². The lowest BCUT2D eigenvalue weighted by Crippen LogP contribution is -2.37. The Balaban J connectivity index is 2.05. The smallest absolute Gasteiger partial charge is 0.0445 e. The van der Waals surface area contributed by atoms with E-state index in [1.165, 1.54) is 37.0 Å². The highest BCUT2D eigenvalue weighted by Gasteiger charge is 2.28. The number of hydrogen-bond donors (Lipinski definition) is 1. The van der Waals surface area contributed by atoms with Crippen LogP contribution in [0.3, 0.4) is 0 Å². The van der Waals surface area contributed by atoms with Gasteiger partial charge in [0.1, 0.15) is 0 Å². The molecule has 1 heterocycles. The zero-order chi connectivity index (χ0) is 13.0. The van der Waals surface area contributed by atoms with Crippen LogP contribution in [-0.2, 0) is 0 Å². The fourth-order valence-electron chi connectivity index (χ4n) is 3.01. The average molecular weight is 265 g/mol. The summed E-state index contributed by atoms with van der Waals surface area (Å²) in [6.07, 6.45) is 6.92. The number of thiophene rings is 1. The first-order valence-corrected chi connectivity index (χ1v) is 8.39. The Labute approximate surface area is 116 Å². The summed E-state index contributed by atoms with van der Waals surface area (Å²) < 4.78 is 0. The van der Waals surface area contributed by atoms with Crippen LogP contribution in [0.4, 0.5) is 0 Å². The van der Waals surface area contributed by atoms with E-state index in [0.29, 0.717) is 12.1 Å². The van der Waals surface area contributed by atoms with Gasteiger partial charge in [-0.25, -0.2) is 0 Å². The molecular weight excluding hydrogens is 238 g/mol. The van der Waals surface area contributed by atoms with E-state index in [2.05, 4.69) is 43.6 Å². The molecule has 1 aromatic heterocycles. The van der Waals surface area contributed by atoms with Crippen molar-refractivity contribution in [2.45, 2.75) is 65.0 Å². The van der Waals surface area contributed by atoms with Crippen LogP contribution in [0.1, 0.15) is 63.8 Å². The molecule has 0 bridgehead atoms. The van der Waals surface area contributed by atoms with Crippen LogP contribution in [0, 0.1) is 11.8 Å². The Hall–Kier alpha value is -0.340. The Bertz CT molecular complexity index is 327. The summed E-state index contributed by atoms with van der Waals surface area (Å²) >= 11 is 1.92. The van der Waals surface area contributed by atoms with Crippen molar-refractivity contribution in [1.82, 2.24) is 5.32 Å². The van der Waals surface area contributed by atoms with E-state index in [1.807, 2.05) is 11.3 Å². The predicted molar refractivity (Wildman–Crippen MR) is 81.1 cm³/mol. The highest BCUT2D eigenvalue weighted by Crippen LogP contribution is 2.38. The highest BCUT2D eigenvalue weighted by molar-refractivity contribution is 7.10. The third-order valence-electron chi connectivity index (χ3n) is 4.66. The van der Waals surface area contributed by atoms with Crippen molar-refractivity contribution in [3.05, 3.63) is 22.4 Å². The molecule has 1 nitrogen and oxygen atoms in total. The van der Waals surface area contributed by atoms with Gasteiger partial charge in [0.15, 0.2) is 0 Å². The summed E-state index contributed by atoms with van der Waals surface area (Å²) in [5, 5.41) is 6.14.